The molecule has 1 N–H and O–H groups in total. The van der Waals surface area contributed by atoms with E-state index in [1.807, 2.05) is 13.0 Å². The number of aromatic nitrogens is 1. The molecule has 2 heterocycles. The molecule has 0 bridgehead atoms. The molecule has 0 saturated carbocycles. The van der Waals surface area contributed by atoms with E-state index >= 15 is 0 Å². The van der Waals surface area contributed by atoms with Crippen molar-refractivity contribution in [3.05, 3.63) is 23.5 Å². The largest absolute Gasteiger partial charge is 0.392 e. The maximum atomic E-state index is 9.37. The monoisotopic (exact) mass is 250 g/mol. The molecule has 1 fully saturated rings. The molecule has 1 aromatic rings. The van der Waals surface area contributed by atoms with Gasteiger partial charge in [0.2, 0.25) is 0 Å². The summed E-state index contributed by atoms with van der Waals surface area (Å²) in [6.07, 6.45) is 4.14. The summed E-state index contributed by atoms with van der Waals surface area (Å²) in [7, 11) is 2.07. The average molecular weight is 250 g/mol. The number of pyridine rings is 1. The van der Waals surface area contributed by atoms with Crippen molar-refractivity contribution in [1.29, 1.82) is 0 Å². The Morgan fingerprint density at radius 3 is 3.06 bits per heavy atom. The third kappa shape index (κ3) is 3.21. The first-order chi connectivity index (χ1) is 8.70. The zero-order valence-electron chi connectivity index (χ0n) is 11.2. The average Bonchev–Trinajstić information content (AvgIpc) is 2.40. The Hall–Kier alpha value is -1.13. The van der Waals surface area contributed by atoms with Crippen LogP contribution in [0, 0.1) is 12.8 Å². The first-order valence-electron chi connectivity index (χ1n) is 6.56. The van der Waals surface area contributed by atoms with Gasteiger partial charge in [-0.15, -0.1) is 0 Å². The number of rotatable bonds is 4. The fraction of sp³-hybridized carbons (Fsp3) is 0.643. The molecular formula is C14H22N2O2. The first-order valence-corrected chi connectivity index (χ1v) is 6.56. The summed E-state index contributed by atoms with van der Waals surface area (Å²) in [4.78, 5) is 6.44. The number of hydrogen-bond acceptors (Lipinski definition) is 4. The number of anilines is 1. The van der Waals surface area contributed by atoms with Crippen molar-refractivity contribution in [3.8, 4) is 0 Å². The lowest BCUT2D eigenvalue weighted by Gasteiger charge is -2.29. The topological polar surface area (TPSA) is 45.6 Å². The van der Waals surface area contributed by atoms with Gasteiger partial charge in [-0.05, 0) is 31.7 Å². The van der Waals surface area contributed by atoms with Gasteiger partial charge in [-0.2, -0.15) is 0 Å². The van der Waals surface area contributed by atoms with Gasteiger partial charge in [-0.1, -0.05) is 0 Å². The fourth-order valence-corrected chi connectivity index (χ4v) is 2.49. The highest BCUT2D eigenvalue weighted by atomic mass is 16.5. The fourth-order valence-electron chi connectivity index (χ4n) is 2.49. The van der Waals surface area contributed by atoms with E-state index in [1.54, 1.807) is 6.20 Å². The van der Waals surface area contributed by atoms with Crippen molar-refractivity contribution in [2.24, 2.45) is 5.92 Å². The molecule has 0 aliphatic carbocycles. The summed E-state index contributed by atoms with van der Waals surface area (Å²) in [5, 5.41) is 9.37. The Morgan fingerprint density at radius 1 is 1.56 bits per heavy atom. The zero-order valence-corrected chi connectivity index (χ0v) is 11.2. The van der Waals surface area contributed by atoms with Crippen molar-refractivity contribution in [3.63, 3.8) is 0 Å². The highest BCUT2D eigenvalue weighted by molar-refractivity contribution is 5.52. The Labute approximate surface area is 109 Å². The maximum Gasteiger partial charge on any atom is 0.0717 e. The second-order valence-corrected chi connectivity index (χ2v) is 5.08. The van der Waals surface area contributed by atoms with Crippen molar-refractivity contribution in [1.82, 2.24) is 4.98 Å². The second-order valence-electron chi connectivity index (χ2n) is 5.08. The van der Waals surface area contributed by atoms with E-state index in [9.17, 15) is 5.11 Å². The number of ether oxygens (including phenoxy) is 1. The number of aryl methyl sites for hydroxylation is 1. The molecule has 2 rings (SSSR count). The van der Waals surface area contributed by atoms with Crippen molar-refractivity contribution >= 4 is 5.69 Å². The van der Waals surface area contributed by atoms with Crippen LogP contribution in [-0.4, -0.2) is 36.9 Å². The van der Waals surface area contributed by atoms with Gasteiger partial charge < -0.3 is 14.7 Å². The predicted octanol–water partition coefficient (Wildman–Crippen LogP) is 1.75. The molecule has 1 aliphatic rings. The summed E-state index contributed by atoms with van der Waals surface area (Å²) >= 11 is 0. The lowest BCUT2D eigenvalue weighted by molar-refractivity contribution is 0.0576. The maximum absolute atomic E-state index is 9.37. The molecule has 0 aromatic carbocycles. The molecule has 1 atom stereocenters. The van der Waals surface area contributed by atoms with Crippen LogP contribution in [0.5, 0.6) is 0 Å². The highest BCUT2D eigenvalue weighted by Crippen LogP contribution is 2.23. The van der Waals surface area contributed by atoms with E-state index in [1.165, 1.54) is 6.42 Å². The summed E-state index contributed by atoms with van der Waals surface area (Å²) in [6, 6.07) is 2.04. The SMILES string of the molecule is Cc1cc(N(C)CC2CCCOC2)c(CO)cn1. The van der Waals surface area contributed by atoms with E-state index in [-0.39, 0.29) is 6.61 Å². The van der Waals surface area contributed by atoms with E-state index in [0.29, 0.717) is 5.92 Å². The number of aliphatic hydroxyl groups excluding tert-OH is 1. The van der Waals surface area contributed by atoms with Crippen molar-refractivity contribution < 1.29 is 9.84 Å². The van der Waals surface area contributed by atoms with Gasteiger partial charge in [0, 0.05) is 43.3 Å². The molecular weight excluding hydrogens is 228 g/mol. The van der Waals surface area contributed by atoms with Crippen LogP contribution < -0.4 is 4.90 Å². The molecule has 4 nitrogen and oxygen atoms in total. The molecule has 0 spiro atoms. The van der Waals surface area contributed by atoms with Crippen LogP contribution in [0.3, 0.4) is 0 Å². The normalized spacial score (nSPS) is 19.8. The summed E-state index contributed by atoms with van der Waals surface area (Å²) in [6.45, 7) is 4.73. The van der Waals surface area contributed by atoms with Gasteiger partial charge in [0.15, 0.2) is 0 Å². The van der Waals surface area contributed by atoms with E-state index in [4.69, 9.17) is 4.74 Å². The minimum absolute atomic E-state index is 0.0358. The van der Waals surface area contributed by atoms with Crippen LogP contribution in [0.15, 0.2) is 12.3 Å². The van der Waals surface area contributed by atoms with Crippen molar-refractivity contribution in [2.75, 3.05) is 31.7 Å². The van der Waals surface area contributed by atoms with Crippen LogP contribution in [0.4, 0.5) is 5.69 Å². The summed E-state index contributed by atoms with van der Waals surface area (Å²) in [5.41, 5.74) is 2.95. The van der Waals surface area contributed by atoms with Gasteiger partial charge in [0.25, 0.3) is 0 Å². The predicted molar refractivity (Wildman–Crippen MR) is 71.7 cm³/mol. The Kier molecular flexibility index (Phi) is 4.55. The van der Waals surface area contributed by atoms with Crippen molar-refractivity contribution in [2.45, 2.75) is 26.4 Å². The minimum Gasteiger partial charge on any atom is -0.392 e. The molecule has 0 amide bonds. The molecule has 18 heavy (non-hydrogen) atoms. The second kappa shape index (κ2) is 6.16. The molecule has 1 unspecified atom stereocenters. The Morgan fingerprint density at radius 2 is 2.39 bits per heavy atom. The van der Waals surface area contributed by atoms with E-state index in [0.717, 1.165) is 43.1 Å². The third-order valence-electron chi connectivity index (χ3n) is 3.47. The van der Waals surface area contributed by atoms with Crippen LogP contribution in [0.25, 0.3) is 0 Å². The van der Waals surface area contributed by atoms with Gasteiger partial charge in [0.05, 0.1) is 13.2 Å². The molecule has 0 radical (unpaired) electrons. The smallest absolute Gasteiger partial charge is 0.0717 e. The molecule has 100 valence electrons. The van der Waals surface area contributed by atoms with Crippen LogP contribution in [-0.2, 0) is 11.3 Å². The number of hydrogen-bond donors (Lipinski definition) is 1. The van der Waals surface area contributed by atoms with Crippen LogP contribution >= 0.6 is 0 Å². The Balaban J connectivity index is 2.07. The minimum atomic E-state index is 0.0358. The lowest BCUT2D eigenvalue weighted by atomic mass is 10.0. The van der Waals surface area contributed by atoms with E-state index < -0.39 is 0 Å². The molecule has 1 saturated heterocycles. The van der Waals surface area contributed by atoms with Crippen LogP contribution in [0.2, 0.25) is 0 Å². The zero-order chi connectivity index (χ0) is 13.0. The third-order valence-corrected chi connectivity index (χ3v) is 3.47. The lowest BCUT2D eigenvalue weighted by Crippen LogP contribution is -2.31. The van der Waals surface area contributed by atoms with Gasteiger partial charge in [-0.3, -0.25) is 4.98 Å². The van der Waals surface area contributed by atoms with Gasteiger partial charge in [0.1, 0.15) is 0 Å². The van der Waals surface area contributed by atoms with Gasteiger partial charge in [-0.25, -0.2) is 0 Å². The summed E-state index contributed by atoms with van der Waals surface area (Å²) in [5.74, 6) is 0.587. The number of aliphatic hydroxyl groups is 1. The Bertz CT molecular complexity index is 389. The molecule has 1 aliphatic heterocycles. The first kappa shape index (κ1) is 13.3. The molecule has 1 aromatic heterocycles. The van der Waals surface area contributed by atoms with E-state index in [2.05, 4.69) is 16.9 Å². The van der Waals surface area contributed by atoms with Crippen LogP contribution in [0.1, 0.15) is 24.1 Å². The van der Waals surface area contributed by atoms with Gasteiger partial charge >= 0.3 is 0 Å². The number of nitrogens with zero attached hydrogens (tertiary/aromatic N) is 2. The highest BCUT2D eigenvalue weighted by Gasteiger charge is 2.17. The standard InChI is InChI=1S/C14H22N2O2/c1-11-6-14(13(9-17)7-15-11)16(2)8-12-4-3-5-18-10-12/h6-7,12,17H,3-5,8-10H2,1-2H3. The molecule has 4 heteroatoms. The quantitative estimate of drug-likeness (QED) is 0.884. The summed E-state index contributed by atoms with van der Waals surface area (Å²) < 4.78 is 5.51.